The maximum Gasteiger partial charge on any atom is 0.258 e. The summed E-state index contributed by atoms with van der Waals surface area (Å²) >= 11 is 0. The normalized spacial score (nSPS) is 14.6. The first-order valence-electron chi connectivity index (χ1n) is 9.88. The zero-order valence-electron chi connectivity index (χ0n) is 16.7. The van der Waals surface area contributed by atoms with Crippen LogP contribution in [0.5, 0.6) is 0 Å². The van der Waals surface area contributed by atoms with Gasteiger partial charge in [0, 0.05) is 36.7 Å². The maximum absolute atomic E-state index is 12.4. The zero-order chi connectivity index (χ0) is 20.2. The van der Waals surface area contributed by atoms with E-state index >= 15 is 0 Å². The Balaban J connectivity index is 1.40. The highest BCUT2D eigenvalue weighted by Crippen LogP contribution is 2.25. The van der Waals surface area contributed by atoms with Gasteiger partial charge in [-0.2, -0.15) is 0 Å². The summed E-state index contributed by atoms with van der Waals surface area (Å²) in [4.78, 5) is 19.0. The van der Waals surface area contributed by atoms with Gasteiger partial charge in [-0.15, -0.1) is 0 Å². The Labute approximate surface area is 170 Å². The van der Waals surface area contributed by atoms with Crippen molar-refractivity contribution in [2.45, 2.75) is 26.7 Å². The molecule has 4 rings (SSSR count). The van der Waals surface area contributed by atoms with Gasteiger partial charge in [0.05, 0.1) is 17.4 Å². The standard InChI is InChI=1S/C22H25N5O2/c1-15-7-9-27(10-8-15)20-5-3-18(4-6-20)24-19-12-17(13-23-14-19)22(28)25-21-11-16(2)29-26-21/h3-6,11-15,24H,7-10H2,1-2H3,(H,25,26,28). The van der Waals surface area contributed by atoms with Crippen LogP contribution in [0, 0.1) is 12.8 Å². The number of carbonyl (C=O) groups is 1. The number of piperidine rings is 1. The molecule has 1 fully saturated rings. The minimum atomic E-state index is -0.288. The van der Waals surface area contributed by atoms with E-state index in [9.17, 15) is 4.79 Å². The molecule has 3 aromatic rings. The predicted molar refractivity (Wildman–Crippen MR) is 114 cm³/mol. The molecule has 3 heterocycles. The Kier molecular flexibility index (Phi) is 5.46. The van der Waals surface area contributed by atoms with Crippen molar-refractivity contribution in [2.75, 3.05) is 28.6 Å². The first kappa shape index (κ1) is 19.0. The summed E-state index contributed by atoms with van der Waals surface area (Å²) in [6.45, 7) is 6.31. The number of rotatable bonds is 5. The van der Waals surface area contributed by atoms with Crippen LogP contribution in [0.15, 0.2) is 53.3 Å². The predicted octanol–water partition coefficient (Wildman–Crippen LogP) is 4.61. The summed E-state index contributed by atoms with van der Waals surface area (Å²) in [5.41, 5.74) is 3.38. The number of anilines is 4. The molecule has 0 spiro atoms. The second kappa shape index (κ2) is 8.34. The van der Waals surface area contributed by atoms with E-state index in [4.69, 9.17) is 4.52 Å². The van der Waals surface area contributed by atoms with Crippen LogP contribution >= 0.6 is 0 Å². The lowest BCUT2D eigenvalue weighted by Crippen LogP contribution is -2.32. The van der Waals surface area contributed by atoms with Crippen molar-refractivity contribution >= 4 is 28.8 Å². The Morgan fingerprint density at radius 2 is 1.86 bits per heavy atom. The van der Waals surface area contributed by atoms with Crippen molar-refractivity contribution in [1.82, 2.24) is 10.1 Å². The van der Waals surface area contributed by atoms with Crippen molar-refractivity contribution in [2.24, 2.45) is 5.92 Å². The fourth-order valence-electron chi connectivity index (χ4n) is 3.44. The summed E-state index contributed by atoms with van der Waals surface area (Å²) in [6, 6.07) is 11.8. The van der Waals surface area contributed by atoms with Crippen LogP contribution in [-0.2, 0) is 0 Å². The minimum absolute atomic E-state index is 0.288. The maximum atomic E-state index is 12.4. The van der Waals surface area contributed by atoms with Crippen LogP contribution < -0.4 is 15.5 Å². The molecule has 0 atom stereocenters. The molecule has 1 amide bonds. The Hall–Kier alpha value is -3.35. The Bertz CT molecular complexity index is 975. The lowest BCUT2D eigenvalue weighted by Gasteiger charge is -2.32. The van der Waals surface area contributed by atoms with Gasteiger partial charge < -0.3 is 20.1 Å². The molecule has 0 unspecified atom stereocenters. The summed E-state index contributed by atoms with van der Waals surface area (Å²) in [6.07, 6.45) is 5.70. The smallest absolute Gasteiger partial charge is 0.258 e. The number of nitrogens with one attached hydrogen (secondary N) is 2. The molecule has 1 aliphatic rings. The fraction of sp³-hybridized carbons (Fsp3) is 0.318. The number of amides is 1. The number of carbonyl (C=O) groups excluding carboxylic acids is 1. The third kappa shape index (κ3) is 4.74. The number of hydrogen-bond acceptors (Lipinski definition) is 6. The van der Waals surface area contributed by atoms with Gasteiger partial charge in [-0.1, -0.05) is 12.1 Å². The largest absolute Gasteiger partial charge is 0.372 e. The number of aryl methyl sites for hydroxylation is 1. The van der Waals surface area contributed by atoms with Gasteiger partial charge >= 0.3 is 0 Å². The third-order valence-electron chi connectivity index (χ3n) is 5.17. The van der Waals surface area contributed by atoms with Crippen LogP contribution in [0.2, 0.25) is 0 Å². The molecule has 0 aliphatic carbocycles. The van der Waals surface area contributed by atoms with Gasteiger partial charge in [0.25, 0.3) is 5.91 Å². The van der Waals surface area contributed by atoms with Crippen molar-refractivity contribution in [3.05, 3.63) is 60.1 Å². The summed E-state index contributed by atoms with van der Waals surface area (Å²) in [5.74, 6) is 1.55. The van der Waals surface area contributed by atoms with E-state index in [-0.39, 0.29) is 5.91 Å². The number of benzene rings is 1. The molecule has 7 heteroatoms. The molecule has 2 aromatic heterocycles. The molecular formula is C22H25N5O2. The molecule has 7 nitrogen and oxygen atoms in total. The lowest BCUT2D eigenvalue weighted by molar-refractivity contribution is 0.102. The van der Waals surface area contributed by atoms with E-state index in [1.54, 1.807) is 25.3 Å². The van der Waals surface area contributed by atoms with E-state index in [0.717, 1.165) is 30.4 Å². The van der Waals surface area contributed by atoms with Crippen LogP contribution in [-0.4, -0.2) is 29.1 Å². The van der Waals surface area contributed by atoms with Crippen molar-refractivity contribution in [3.8, 4) is 0 Å². The average molecular weight is 391 g/mol. The molecule has 1 aliphatic heterocycles. The van der Waals surface area contributed by atoms with E-state index in [2.05, 4.69) is 56.9 Å². The topological polar surface area (TPSA) is 83.3 Å². The van der Waals surface area contributed by atoms with Gasteiger partial charge in [0.1, 0.15) is 5.76 Å². The number of nitrogens with zero attached hydrogens (tertiary/aromatic N) is 3. The van der Waals surface area contributed by atoms with Gasteiger partial charge in [-0.3, -0.25) is 9.78 Å². The SMILES string of the molecule is Cc1cc(NC(=O)c2cncc(Nc3ccc(N4CCC(C)CC4)cc3)c2)no1. The van der Waals surface area contributed by atoms with Crippen LogP contribution in [0.3, 0.4) is 0 Å². The fourth-order valence-corrected chi connectivity index (χ4v) is 3.44. The van der Waals surface area contributed by atoms with Crippen molar-refractivity contribution in [3.63, 3.8) is 0 Å². The Morgan fingerprint density at radius 3 is 2.55 bits per heavy atom. The van der Waals surface area contributed by atoms with Gasteiger partial charge in [0.15, 0.2) is 5.82 Å². The van der Waals surface area contributed by atoms with E-state index in [0.29, 0.717) is 17.1 Å². The van der Waals surface area contributed by atoms with Gasteiger partial charge in [-0.25, -0.2) is 0 Å². The first-order valence-corrected chi connectivity index (χ1v) is 9.88. The van der Waals surface area contributed by atoms with Crippen LogP contribution in [0.1, 0.15) is 35.9 Å². The molecule has 0 bridgehead atoms. The van der Waals surface area contributed by atoms with Crippen LogP contribution in [0.25, 0.3) is 0 Å². The average Bonchev–Trinajstić information content (AvgIpc) is 3.14. The van der Waals surface area contributed by atoms with E-state index < -0.39 is 0 Å². The number of hydrogen-bond donors (Lipinski definition) is 2. The number of pyridine rings is 1. The Morgan fingerprint density at radius 1 is 1.10 bits per heavy atom. The van der Waals surface area contributed by atoms with Crippen molar-refractivity contribution < 1.29 is 9.32 Å². The summed E-state index contributed by atoms with van der Waals surface area (Å²) in [5, 5.41) is 9.78. The molecule has 150 valence electrons. The van der Waals surface area contributed by atoms with Gasteiger partial charge in [-0.05, 0) is 56.0 Å². The van der Waals surface area contributed by atoms with E-state index in [1.165, 1.54) is 24.7 Å². The molecule has 29 heavy (non-hydrogen) atoms. The van der Waals surface area contributed by atoms with Crippen molar-refractivity contribution in [1.29, 1.82) is 0 Å². The highest BCUT2D eigenvalue weighted by atomic mass is 16.5. The van der Waals surface area contributed by atoms with E-state index in [1.807, 2.05) is 0 Å². The number of aromatic nitrogens is 2. The molecule has 1 saturated heterocycles. The highest BCUT2D eigenvalue weighted by molar-refractivity contribution is 6.04. The minimum Gasteiger partial charge on any atom is -0.372 e. The first-order chi connectivity index (χ1) is 14.1. The van der Waals surface area contributed by atoms with Gasteiger partial charge in [0.2, 0.25) is 0 Å². The summed E-state index contributed by atoms with van der Waals surface area (Å²) in [7, 11) is 0. The third-order valence-corrected chi connectivity index (χ3v) is 5.17. The molecule has 2 N–H and O–H groups in total. The highest BCUT2D eigenvalue weighted by Gasteiger charge is 2.16. The summed E-state index contributed by atoms with van der Waals surface area (Å²) < 4.78 is 4.97. The second-order valence-corrected chi connectivity index (χ2v) is 7.58. The molecule has 0 radical (unpaired) electrons. The molecular weight excluding hydrogens is 366 g/mol. The molecule has 0 saturated carbocycles. The van der Waals surface area contributed by atoms with Crippen LogP contribution in [0.4, 0.5) is 22.9 Å². The second-order valence-electron chi connectivity index (χ2n) is 7.58. The quantitative estimate of drug-likeness (QED) is 0.661. The zero-order valence-corrected chi connectivity index (χ0v) is 16.7. The monoisotopic (exact) mass is 391 g/mol. The molecule has 1 aromatic carbocycles. The lowest BCUT2D eigenvalue weighted by atomic mass is 9.99.